The first-order chi connectivity index (χ1) is 9.61. The second kappa shape index (κ2) is 6.61. The van der Waals surface area contributed by atoms with Gasteiger partial charge in [0.05, 0.1) is 12.7 Å². The molecule has 2 rings (SSSR count). The number of nitrogens with one attached hydrogen (secondary N) is 2. The maximum atomic E-state index is 12.1. The second-order valence-corrected chi connectivity index (χ2v) is 5.32. The van der Waals surface area contributed by atoms with Gasteiger partial charge in [0.25, 0.3) is 5.91 Å². The molecule has 110 valence electrons. The van der Waals surface area contributed by atoms with Crippen LogP contribution in [-0.2, 0) is 0 Å². The summed E-state index contributed by atoms with van der Waals surface area (Å²) in [6.45, 7) is 4.81. The van der Waals surface area contributed by atoms with Gasteiger partial charge in [-0.3, -0.25) is 4.79 Å². The number of ether oxygens (including phenoxy) is 1. The summed E-state index contributed by atoms with van der Waals surface area (Å²) < 4.78 is 5.07. The van der Waals surface area contributed by atoms with Crippen molar-refractivity contribution in [3.05, 3.63) is 23.8 Å². The number of phenolic OH excluding ortho intramolecular Hbond substituents is 1. The topological polar surface area (TPSA) is 70.6 Å². The quantitative estimate of drug-likeness (QED) is 0.778. The lowest BCUT2D eigenvalue weighted by atomic mass is 9.88. The molecule has 1 aromatic carbocycles. The van der Waals surface area contributed by atoms with E-state index >= 15 is 0 Å². The number of hydrogen-bond acceptors (Lipinski definition) is 4. The summed E-state index contributed by atoms with van der Waals surface area (Å²) in [6, 6.07) is 4.65. The van der Waals surface area contributed by atoms with Crippen molar-refractivity contribution < 1.29 is 14.6 Å². The fourth-order valence-electron chi connectivity index (χ4n) is 2.51. The molecule has 1 amide bonds. The number of carbonyl (C=O) groups is 1. The number of piperidine rings is 1. The molecule has 3 N–H and O–H groups in total. The van der Waals surface area contributed by atoms with Crippen molar-refractivity contribution in [2.24, 2.45) is 11.8 Å². The highest BCUT2D eigenvalue weighted by atomic mass is 16.5. The molecule has 2 unspecified atom stereocenters. The Morgan fingerprint density at radius 3 is 3.05 bits per heavy atom. The van der Waals surface area contributed by atoms with Crippen LogP contribution >= 0.6 is 0 Å². The van der Waals surface area contributed by atoms with E-state index < -0.39 is 0 Å². The van der Waals surface area contributed by atoms with Gasteiger partial charge in [0, 0.05) is 6.54 Å². The van der Waals surface area contributed by atoms with Crippen LogP contribution in [0.1, 0.15) is 23.7 Å². The van der Waals surface area contributed by atoms with Crippen LogP contribution in [-0.4, -0.2) is 37.8 Å². The van der Waals surface area contributed by atoms with Crippen LogP contribution in [0, 0.1) is 11.8 Å². The molecule has 2 atom stereocenters. The Bertz CT molecular complexity index is 476. The van der Waals surface area contributed by atoms with Crippen LogP contribution in [0.3, 0.4) is 0 Å². The van der Waals surface area contributed by atoms with Crippen LogP contribution in [0.4, 0.5) is 0 Å². The van der Waals surface area contributed by atoms with Gasteiger partial charge in [-0.05, 0) is 49.5 Å². The number of carbonyl (C=O) groups excluding carboxylic acids is 1. The van der Waals surface area contributed by atoms with E-state index in [1.807, 2.05) is 0 Å². The largest absolute Gasteiger partial charge is 0.507 e. The highest BCUT2D eigenvalue weighted by Crippen LogP contribution is 2.23. The highest BCUT2D eigenvalue weighted by Gasteiger charge is 2.22. The van der Waals surface area contributed by atoms with E-state index in [2.05, 4.69) is 17.6 Å². The molecule has 5 nitrogen and oxygen atoms in total. The lowest BCUT2D eigenvalue weighted by Crippen LogP contribution is -2.41. The summed E-state index contributed by atoms with van der Waals surface area (Å²) in [6.07, 6.45) is 1.06. The van der Waals surface area contributed by atoms with E-state index in [-0.39, 0.29) is 17.2 Å². The average Bonchev–Trinajstić information content (AvgIpc) is 2.46. The van der Waals surface area contributed by atoms with E-state index in [1.165, 1.54) is 13.2 Å². The Labute approximate surface area is 119 Å². The van der Waals surface area contributed by atoms with Crippen molar-refractivity contribution in [3.8, 4) is 11.5 Å². The molecular formula is C15H22N2O3. The molecule has 20 heavy (non-hydrogen) atoms. The van der Waals surface area contributed by atoms with Gasteiger partial charge < -0.3 is 20.5 Å². The normalized spacial score (nSPS) is 22.3. The first kappa shape index (κ1) is 14.7. The van der Waals surface area contributed by atoms with Gasteiger partial charge >= 0.3 is 0 Å². The molecule has 1 aromatic rings. The third-order valence-electron chi connectivity index (χ3n) is 3.94. The lowest BCUT2D eigenvalue weighted by molar-refractivity contribution is 0.0935. The standard InChI is InChI=1S/C15H22N2O3/c1-10-8-16-6-5-11(10)9-17-15(19)13-7-12(20-2)3-4-14(13)18/h3-4,7,10-11,16,18H,5-6,8-9H2,1-2H3,(H,17,19). The zero-order chi connectivity index (χ0) is 14.5. The van der Waals surface area contributed by atoms with Crippen molar-refractivity contribution in [2.45, 2.75) is 13.3 Å². The van der Waals surface area contributed by atoms with Crippen LogP contribution in [0.15, 0.2) is 18.2 Å². The highest BCUT2D eigenvalue weighted by molar-refractivity contribution is 5.97. The number of benzene rings is 1. The third-order valence-corrected chi connectivity index (χ3v) is 3.94. The van der Waals surface area contributed by atoms with Gasteiger partial charge in [0.15, 0.2) is 0 Å². The van der Waals surface area contributed by atoms with Crippen LogP contribution < -0.4 is 15.4 Å². The van der Waals surface area contributed by atoms with E-state index in [4.69, 9.17) is 4.74 Å². The van der Waals surface area contributed by atoms with Crippen LogP contribution in [0.5, 0.6) is 11.5 Å². The molecule has 0 bridgehead atoms. The molecule has 1 saturated heterocycles. The summed E-state index contributed by atoms with van der Waals surface area (Å²) >= 11 is 0. The maximum Gasteiger partial charge on any atom is 0.255 e. The third kappa shape index (κ3) is 3.42. The van der Waals surface area contributed by atoms with E-state index in [0.29, 0.717) is 24.1 Å². The van der Waals surface area contributed by atoms with Gasteiger partial charge in [-0.15, -0.1) is 0 Å². The number of phenols is 1. The fourth-order valence-corrected chi connectivity index (χ4v) is 2.51. The van der Waals surface area contributed by atoms with Crippen molar-refractivity contribution in [3.63, 3.8) is 0 Å². The Kier molecular flexibility index (Phi) is 4.84. The van der Waals surface area contributed by atoms with Crippen molar-refractivity contribution in [1.82, 2.24) is 10.6 Å². The van der Waals surface area contributed by atoms with Gasteiger partial charge in [-0.2, -0.15) is 0 Å². The molecule has 0 saturated carbocycles. The number of hydrogen-bond donors (Lipinski definition) is 3. The molecule has 1 fully saturated rings. The number of methoxy groups -OCH3 is 1. The van der Waals surface area contributed by atoms with Gasteiger partial charge in [-0.25, -0.2) is 0 Å². The molecule has 0 radical (unpaired) electrons. The minimum absolute atomic E-state index is 0.0262. The first-order valence-corrected chi connectivity index (χ1v) is 6.97. The van der Waals surface area contributed by atoms with Crippen molar-refractivity contribution in [1.29, 1.82) is 0 Å². The van der Waals surface area contributed by atoms with E-state index in [0.717, 1.165) is 19.5 Å². The molecular weight excluding hydrogens is 256 g/mol. The Balaban J connectivity index is 1.97. The van der Waals surface area contributed by atoms with Crippen LogP contribution in [0.25, 0.3) is 0 Å². The smallest absolute Gasteiger partial charge is 0.255 e. The summed E-state index contributed by atoms with van der Waals surface area (Å²) in [5.41, 5.74) is 0.255. The summed E-state index contributed by atoms with van der Waals surface area (Å²) in [4.78, 5) is 12.1. The number of aromatic hydroxyl groups is 1. The predicted molar refractivity (Wildman–Crippen MR) is 77.1 cm³/mol. The van der Waals surface area contributed by atoms with Crippen molar-refractivity contribution in [2.75, 3.05) is 26.7 Å². The molecule has 1 aliphatic rings. The van der Waals surface area contributed by atoms with Crippen molar-refractivity contribution >= 4 is 5.91 Å². The Hall–Kier alpha value is -1.75. The zero-order valence-electron chi connectivity index (χ0n) is 12.0. The second-order valence-electron chi connectivity index (χ2n) is 5.32. The van der Waals surface area contributed by atoms with Gasteiger partial charge in [0.1, 0.15) is 11.5 Å². The fraction of sp³-hybridized carbons (Fsp3) is 0.533. The van der Waals surface area contributed by atoms with Gasteiger partial charge in [0.2, 0.25) is 0 Å². The Morgan fingerprint density at radius 1 is 1.55 bits per heavy atom. The molecule has 0 aromatic heterocycles. The minimum Gasteiger partial charge on any atom is -0.507 e. The molecule has 1 heterocycles. The number of rotatable bonds is 4. The summed E-state index contributed by atoms with van der Waals surface area (Å²) in [5.74, 6) is 1.30. The molecule has 1 aliphatic heterocycles. The lowest BCUT2D eigenvalue weighted by Gasteiger charge is -2.29. The van der Waals surface area contributed by atoms with Gasteiger partial charge in [-0.1, -0.05) is 6.92 Å². The minimum atomic E-state index is -0.257. The van der Waals surface area contributed by atoms with E-state index in [1.54, 1.807) is 12.1 Å². The summed E-state index contributed by atoms with van der Waals surface area (Å²) in [7, 11) is 1.53. The molecule has 0 spiro atoms. The molecule has 0 aliphatic carbocycles. The first-order valence-electron chi connectivity index (χ1n) is 6.97. The average molecular weight is 278 g/mol. The summed E-state index contributed by atoms with van der Waals surface area (Å²) in [5, 5.41) is 16.0. The predicted octanol–water partition coefficient (Wildman–Crippen LogP) is 1.38. The SMILES string of the molecule is COc1ccc(O)c(C(=O)NCC2CCNCC2C)c1. The Morgan fingerprint density at radius 2 is 2.35 bits per heavy atom. The number of amides is 1. The zero-order valence-corrected chi connectivity index (χ0v) is 12.0. The van der Waals surface area contributed by atoms with Crippen LogP contribution in [0.2, 0.25) is 0 Å². The maximum absolute atomic E-state index is 12.1. The van der Waals surface area contributed by atoms with E-state index in [9.17, 15) is 9.90 Å². The monoisotopic (exact) mass is 278 g/mol. The molecule has 5 heteroatoms.